The first-order chi connectivity index (χ1) is 8.92. The first kappa shape index (κ1) is 15.0. The molecule has 0 aromatic carbocycles. The maximum Gasteiger partial charge on any atom is 0.274 e. The van der Waals surface area contributed by atoms with Crippen LogP contribution in [0.25, 0.3) is 0 Å². The Kier molecular flexibility index (Phi) is 4.91. The third-order valence-electron chi connectivity index (χ3n) is 2.86. The standard InChI is InChI=1S/C12H21N5O2/c1-5-16(8-10(18)15(3)4)12(19)11-9(13)7-14-17(11)6-2/h7H,5-6,8,13H2,1-4H3. The molecule has 0 radical (unpaired) electrons. The fraction of sp³-hybridized carbons (Fsp3) is 0.583. The van der Waals surface area contributed by atoms with E-state index in [0.717, 1.165) is 0 Å². The molecule has 0 saturated heterocycles. The molecule has 2 amide bonds. The van der Waals surface area contributed by atoms with Gasteiger partial charge in [0, 0.05) is 27.2 Å². The summed E-state index contributed by atoms with van der Waals surface area (Å²) in [7, 11) is 3.32. The Labute approximate surface area is 113 Å². The zero-order chi connectivity index (χ0) is 14.6. The lowest BCUT2D eigenvalue weighted by molar-refractivity contribution is -0.129. The lowest BCUT2D eigenvalue weighted by Crippen LogP contribution is -2.41. The van der Waals surface area contributed by atoms with Gasteiger partial charge in [0.1, 0.15) is 12.2 Å². The van der Waals surface area contributed by atoms with Crippen LogP contribution in [0, 0.1) is 0 Å². The van der Waals surface area contributed by atoms with Crippen molar-refractivity contribution in [2.45, 2.75) is 20.4 Å². The number of nitrogens with zero attached hydrogens (tertiary/aromatic N) is 4. The highest BCUT2D eigenvalue weighted by atomic mass is 16.2. The summed E-state index contributed by atoms with van der Waals surface area (Å²) >= 11 is 0. The number of anilines is 1. The number of rotatable bonds is 5. The molecule has 0 fully saturated rings. The second-order valence-electron chi connectivity index (χ2n) is 4.37. The number of aryl methyl sites for hydroxylation is 1. The van der Waals surface area contributed by atoms with Crippen LogP contribution >= 0.6 is 0 Å². The molecule has 0 spiro atoms. The van der Waals surface area contributed by atoms with Crippen LogP contribution < -0.4 is 5.73 Å². The Bertz CT molecular complexity index is 467. The second-order valence-corrected chi connectivity index (χ2v) is 4.37. The third kappa shape index (κ3) is 3.24. The molecule has 0 bridgehead atoms. The summed E-state index contributed by atoms with van der Waals surface area (Å²) in [5.41, 5.74) is 6.45. The highest BCUT2D eigenvalue weighted by Crippen LogP contribution is 2.13. The van der Waals surface area contributed by atoms with Gasteiger partial charge in [0.2, 0.25) is 5.91 Å². The number of nitrogens with two attached hydrogens (primary N) is 1. The number of hydrogen-bond donors (Lipinski definition) is 1. The second kappa shape index (κ2) is 6.21. The van der Waals surface area contributed by atoms with E-state index in [4.69, 9.17) is 5.73 Å². The zero-order valence-electron chi connectivity index (χ0n) is 11.9. The normalized spacial score (nSPS) is 10.3. The van der Waals surface area contributed by atoms with E-state index < -0.39 is 0 Å². The van der Waals surface area contributed by atoms with Crippen LogP contribution in [0.5, 0.6) is 0 Å². The van der Waals surface area contributed by atoms with Gasteiger partial charge in [-0.05, 0) is 13.8 Å². The lowest BCUT2D eigenvalue weighted by atomic mass is 10.3. The van der Waals surface area contributed by atoms with E-state index in [0.29, 0.717) is 24.5 Å². The molecule has 2 N–H and O–H groups in total. The van der Waals surface area contributed by atoms with E-state index >= 15 is 0 Å². The van der Waals surface area contributed by atoms with Crippen molar-refractivity contribution in [3.8, 4) is 0 Å². The SMILES string of the molecule is CCN(CC(=O)N(C)C)C(=O)c1c(N)cnn1CC. The summed E-state index contributed by atoms with van der Waals surface area (Å²) in [6, 6.07) is 0. The monoisotopic (exact) mass is 267 g/mol. The number of carbonyl (C=O) groups is 2. The number of amides is 2. The molecule has 0 aliphatic rings. The number of hydrogen-bond acceptors (Lipinski definition) is 4. The summed E-state index contributed by atoms with van der Waals surface area (Å²) < 4.78 is 1.54. The Balaban J connectivity index is 2.95. The largest absolute Gasteiger partial charge is 0.396 e. The van der Waals surface area contributed by atoms with Gasteiger partial charge < -0.3 is 15.5 Å². The van der Waals surface area contributed by atoms with Gasteiger partial charge >= 0.3 is 0 Å². The molecule has 7 heteroatoms. The van der Waals surface area contributed by atoms with Crippen LogP contribution in [0.2, 0.25) is 0 Å². The van der Waals surface area contributed by atoms with Crippen molar-refractivity contribution in [3.05, 3.63) is 11.9 Å². The van der Waals surface area contributed by atoms with Crippen LogP contribution in [-0.4, -0.2) is 58.6 Å². The van der Waals surface area contributed by atoms with Gasteiger partial charge in [-0.2, -0.15) is 5.10 Å². The van der Waals surface area contributed by atoms with Crippen LogP contribution in [0.3, 0.4) is 0 Å². The molecule has 0 unspecified atom stereocenters. The minimum atomic E-state index is -0.269. The fourth-order valence-corrected chi connectivity index (χ4v) is 1.66. The van der Waals surface area contributed by atoms with Crippen molar-refractivity contribution in [2.75, 3.05) is 32.9 Å². The van der Waals surface area contributed by atoms with Crippen LogP contribution in [0.15, 0.2) is 6.20 Å². The molecule has 1 rings (SSSR count). The molecule has 0 aliphatic heterocycles. The Morgan fingerprint density at radius 1 is 1.37 bits per heavy atom. The van der Waals surface area contributed by atoms with E-state index in [1.807, 2.05) is 13.8 Å². The summed E-state index contributed by atoms with van der Waals surface area (Å²) in [4.78, 5) is 27.0. The molecular weight excluding hydrogens is 246 g/mol. The van der Waals surface area contributed by atoms with Crippen molar-refractivity contribution in [1.82, 2.24) is 19.6 Å². The summed E-state index contributed by atoms with van der Waals surface area (Å²) in [6.07, 6.45) is 1.46. The highest BCUT2D eigenvalue weighted by Gasteiger charge is 2.23. The molecule has 0 saturated carbocycles. The minimum absolute atomic E-state index is 0.0384. The number of likely N-dealkylation sites (N-methyl/N-ethyl adjacent to an activating group) is 2. The maximum atomic E-state index is 12.4. The van der Waals surface area contributed by atoms with E-state index in [-0.39, 0.29) is 18.4 Å². The van der Waals surface area contributed by atoms with Gasteiger partial charge in [0.25, 0.3) is 5.91 Å². The predicted molar refractivity (Wildman–Crippen MR) is 72.6 cm³/mol. The molecule has 1 heterocycles. The lowest BCUT2D eigenvalue weighted by Gasteiger charge is -2.22. The van der Waals surface area contributed by atoms with Crippen LogP contribution in [0.4, 0.5) is 5.69 Å². The van der Waals surface area contributed by atoms with Gasteiger partial charge in [-0.1, -0.05) is 0 Å². The summed E-state index contributed by atoms with van der Waals surface area (Å²) in [5.74, 6) is -0.397. The molecule has 1 aromatic rings. The summed E-state index contributed by atoms with van der Waals surface area (Å²) in [6.45, 7) is 4.73. The number of carbonyl (C=O) groups excluding carboxylic acids is 2. The maximum absolute atomic E-state index is 12.4. The highest BCUT2D eigenvalue weighted by molar-refractivity contribution is 5.99. The quantitative estimate of drug-likeness (QED) is 0.816. The predicted octanol–water partition coefficient (Wildman–Crippen LogP) is 0.0355. The van der Waals surface area contributed by atoms with E-state index in [9.17, 15) is 9.59 Å². The van der Waals surface area contributed by atoms with E-state index in [2.05, 4.69) is 5.10 Å². The van der Waals surface area contributed by atoms with Crippen LogP contribution in [0.1, 0.15) is 24.3 Å². The summed E-state index contributed by atoms with van der Waals surface area (Å²) in [5, 5.41) is 4.04. The van der Waals surface area contributed by atoms with Crippen LogP contribution in [-0.2, 0) is 11.3 Å². The number of aromatic nitrogens is 2. The van der Waals surface area contributed by atoms with Crippen molar-refractivity contribution in [1.29, 1.82) is 0 Å². The third-order valence-corrected chi connectivity index (χ3v) is 2.86. The van der Waals surface area contributed by atoms with Crippen molar-refractivity contribution in [3.63, 3.8) is 0 Å². The zero-order valence-corrected chi connectivity index (χ0v) is 11.9. The van der Waals surface area contributed by atoms with E-state index in [1.165, 1.54) is 16.0 Å². The van der Waals surface area contributed by atoms with Crippen molar-refractivity contribution < 1.29 is 9.59 Å². The van der Waals surface area contributed by atoms with Gasteiger partial charge in [-0.3, -0.25) is 14.3 Å². The first-order valence-electron chi connectivity index (χ1n) is 6.23. The molecule has 19 heavy (non-hydrogen) atoms. The van der Waals surface area contributed by atoms with E-state index in [1.54, 1.807) is 18.8 Å². The molecule has 106 valence electrons. The fourth-order valence-electron chi connectivity index (χ4n) is 1.66. The van der Waals surface area contributed by atoms with Crippen molar-refractivity contribution in [2.24, 2.45) is 0 Å². The Morgan fingerprint density at radius 2 is 2.00 bits per heavy atom. The van der Waals surface area contributed by atoms with Gasteiger partial charge in [-0.15, -0.1) is 0 Å². The smallest absolute Gasteiger partial charge is 0.274 e. The number of nitrogen functional groups attached to an aromatic ring is 1. The molecular formula is C12H21N5O2. The van der Waals surface area contributed by atoms with Gasteiger partial charge in [-0.25, -0.2) is 0 Å². The molecule has 7 nitrogen and oxygen atoms in total. The molecule has 0 atom stereocenters. The Hall–Kier alpha value is -2.05. The minimum Gasteiger partial charge on any atom is -0.396 e. The average Bonchev–Trinajstić information content (AvgIpc) is 2.75. The van der Waals surface area contributed by atoms with Crippen molar-refractivity contribution >= 4 is 17.5 Å². The average molecular weight is 267 g/mol. The topological polar surface area (TPSA) is 84.5 Å². The molecule has 1 aromatic heterocycles. The Morgan fingerprint density at radius 3 is 2.47 bits per heavy atom. The van der Waals surface area contributed by atoms with Gasteiger partial charge in [0.05, 0.1) is 11.9 Å². The molecule has 0 aliphatic carbocycles. The first-order valence-corrected chi connectivity index (χ1v) is 6.23. The van der Waals surface area contributed by atoms with Gasteiger partial charge in [0.15, 0.2) is 0 Å².